The van der Waals surface area contributed by atoms with Crippen LogP contribution < -0.4 is 11.1 Å². The van der Waals surface area contributed by atoms with E-state index in [1.54, 1.807) is 0 Å². The number of nitrogens with zero attached hydrogens (tertiary/aromatic N) is 1. The van der Waals surface area contributed by atoms with Crippen molar-refractivity contribution in [1.29, 1.82) is 0 Å². The quantitative estimate of drug-likeness (QED) is 0.428. The summed E-state index contributed by atoms with van der Waals surface area (Å²) in [4.78, 5) is 22.6. The van der Waals surface area contributed by atoms with Crippen LogP contribution in [0.5, 0.6) is 0 Å². The summed E-state index contributed by atoms with van der Waals surface area (Å²) in [6.07, 6.45) is 0.340. The Morgan fingerprint density at radius 1 is 1.26 bits per heavy atom. The van der Waals surface area contributed by atoms with Gasteiger partial charge in [0, 0.05) is 18.2 Å². The highest BCUT2D eigenvalue weighted by atomic mass is 16.6. The van der Waals surface area contributed by atoms with Gasteiger partial charge in [-0.2, -0.15) is 0 Å². The van der Waals surface area contributed by atoms with Crippen molar-refractivity contribution in [3.05, 3.63) is 69.8 Å². The smallest absolute Gasteiger partial charge is 0.292 e. The van der Waals surface area contributed by atoms with Gasteiger partial charge in [0.2, 0.25) is 0 Å². The number of nitrogens with two attached hydrogens (primary N) is 1. The molecule has 0 radical (unpaired) electrons. The average molecular weight is 315 g/mol. The normalized spacial score (nSPS) is 11.7. The molecular formula is C16H17N3O4. The Labute approximate surface area is 132 Å². The summed E-state index contributed by atoms with van der Waals surface area (Å²) in [5, 5.41) is 22.9. The Bertz CT molecular complexity index is 704. The van der Waals surface area contributed by atoms with Gasteiger partial charge in [-0.25, -0.2) is 0 Å². The summed E-state index contributed by atoms with van der Waals surface area (Å²) in [5.41, 5.74) is 6.21. The minimum atomic E-state index is -0.630. The predicted molar refractivity (Wildman–Crippen MR) is 85.9 cm³/mol. The number of nitrogen functional groups attached to an aromatic ring is 1. The van der Waals surface area contributed by atoms with Crippen LogP contribution in [0, 0.1) is 10.1 Å². The maximum absolute atomic E-state index is 12.3. The Balaban J connectivity index is 2.22. The molecule has 4 N–H and O–H groups in total. The zero-order chi connectivity index (χ0) is 16.8. The highest BCUT2D eigenvalue weighted by Gasteiger charge is 2.19. The molecule has 7 nitrogen and oxygen atoms in total. The first kappa shape index (κ1) is 16.4. The fraction of sp³-hybridized carbons (Fsp3) is 0.188. The van der Waals surface area contributed by atoms with Gasteiger partial charge in [0.05, 0.1) is 11.0 Å². The fourth-order valence-corrected chi connectivity index (χ4v) is 2.22. The van der Waals surface area contributed by atoms with Crippen LogP contribution in [0.1, 0.15) is 28.4 Å². The van der Waals surface area contributed by atoms with E-state index < -0.39 is 10.8 Å². The third kappa shape index (κ3) is 4.04. The number of rotatable bonds is 6. The molecule has 7 heteroatoms. The summed E-state index contributed by atoms with van der Waals surface area (Å²) in [6, 6.07) is 12.7. The van der Waals surface area contributed by atoms with Crippen molar-refractivity contribution in [3.8, 4) is 0 Å². The number of carbonyl (C=O) groups excluding carboxylic acids is 1. The van der Waals surface area contributed by atoms with E-state index in [-0.39, 0.29) is 29.6 Å². The standard InChI is InChI=1S/C16H17N3O4/c17-13-7-6-12(10-15(13)19(22)23)16(21)18-14(8-9-20)11-4-2-1-3-5-11/h1-7,10,14,20H,8-9,17H2,(H,18,21). The molecule has 120 valence electrons. The molecule has 0 aromatic heterocycles. The van der Waals surface area contributed by atoms with Crippen LogP contribution in [0.15, 0.2) is 48.5 Å². The van der Waals surface area contributed by atoms with Gasteiger partial charge in [-0.05, 0) is 24.1 Å². The largest absolute Gasteiger partial charge is 0.396 e. The molecule has 0 saturated carbocycles. The Morgan fingerprint density at radius 2 is 1.96 bits per heavy atom. The van der Waals surface area contributed by atoms with Crippen molar-refractivity contribution in [3.63, 3.8) is 0 Å². The van der Waals surface area contributed by atoms with Crippen LogP contribution in [-0.4, -0.2) is 22.5 Å². The molecule has 2 aromatic rings. The highest BCUT2D eigenvalue weighted by Crippen LogP contribution is 2.23. The van der Waals surface area contributed by atoms with Crippen LogP contribution in [0.4, 0.5) is 11.4 Å². The zero-order valence-electron chi connectivity index (χ0n) is 12.3. The van der Waals surface area contributed by atoms with E-state index >= 15 is 0 Å². The van der Waals surface area contributed by atoms with Crippen molar-refractivity contribution in [1.82, 2.24) is 5.32 Å². The number of nitro groups is 1. The summed E-state index contributed by atoms with van der Waals surface area (Å²) in [5.74, 6) is -0.463. The number of hydrogen-bond acceptors (Lipinski definition) is 5. The Kier molecular flexibility index (Phi) is 5.27. The predicted octanol–water partition coefficient (Wildman–Crippen LogP) is 2.03. The van der Waals surface area contributed by atoms with Crippen molar-refractivity contribution < 1.29 is 14.8 Å². The second kappa shape index (κ2) is 7.37. The van der Waals surface area contributed by atoms with Crippen molar-refractivity contribution in [2.24, 2.45) is 0 Å². The molecule has 0 bridgehead atoms. The summed E-state index contributed by atoms with van der Waals surface area (Å²) in [6.45, 7) is -0.0955. The van der Waals surface area contributed by atoms with E-state index in [2.05, 4.69) is 5.32 Å². The van der Waals surface area contributed by atoms with Crippen LogP contribution in [0.3, 0.4) is 0 Å². The lowest BCUT2D eigenvalue weighted by molar-refractivity contribution is -0.383. The lowest BCUT2D eigenvalue weighted by atomic mass is 10.0. The van der Waals surface area contributed by atoms with Gasteiger partial charge in [-0.3, -0.25) is 14.9 Å². The number of amides is 1. The van der Waals surface area contributed by atoms with Crippen molar-refractivity contribution >= 4 is 17.3 Å². The Morgan fingerprint density at radius 3 is 2.57 bits per heavy atom. The third-order valence-electron chi connectivity index (χ3n) is 3.41. The summed E-state index contributed by atoms with van der Waals surface area (Å²) >= 11 is 0. The second-order valence-electron chi connectivity index (χ2n) is 4.98. The van der Waals surface area contributed by atoms with E-state index in [1.807, 2.05) is 30.3 Å². The van der Waals surface area contributed by atoms with E-state index in [0.717, 1.165) is 11.6 Å². The van der Waals surface area contributed by atoms with Gasteiger partial charge in [0.15, 0.2) is 0 Å². The van der Waals surface area contributed by atoms with Gasteiger partial charge in [0.25, 0.3) is 11.6 Å². The van der Waals surface area contributed by atoms with Gasteiger partial charge >= 0.3 is 0 Å². The van der Waals surface area contributed by atoms with Crippen LogP contribution >= 0.6 is 0 Å². The number of nitrogens with one attached hydrogen (secondary N) is 1. The first-order valence-electron chi connectivity index (χ1n) is 7.03. The molecule has 1 atom stereocenters. The number of nitro benzene ring substituents is 1. The van der Waals surface area contributed by atoms with Crippen LogP contribution in [-0.2, 0) is 0 Å². The first-order chi connectivity index (χ1) is 11.0. The van der Waals surface area contributed by atoms with E-state index in [0.29, 0.717) is 6.42 Å². The molecule has 1 amide bonds. The summed E-state index contributed by atoms with van der Waals surface area (Å²) in [7, 11) is 0. The number of carbonyl (C=O) groups is 1. The second-order valence-corrected chi connectivity index (χ2v) is 4.98. The number of benzene rings is 2. The molecule has 0 fully saturated rings. The zero-order valence-corrected chi connectivity index (χ0v) is 12.3. The fourth-order valence-electron chi connectivity index (χ4n) is 2.22. The Hall–Kier alpha value is -2.93. The topological polar surface area (TPSA) is 118 Å². The molecule has 0 aliphatic heterocycles. The molecule has 2 rings (SSSR count). The molecule has 1 unspecified atom stereocenters. The number of aliphatic hydroxyl groups is 1. The van der Waals surface area contributed by atoms with Gasteiger partial charge in [-0.1, -0.05) is 30.3 Å². The molecule has 0 aliphatic rings. The van der Waals surface area contributed by atoms with E-state index in [4.69, 9.17) is 5.73 Å². The number of anilines is 1. The van der Waals surface area contributed by atoms with E-state index in [9.17, 15) is 20.0 Å². The van der Waals surface area contributed by atoms with Gasteiger partial charge in [0.1, 0.15) is 5.69 Å². The van der Waals surface area contributed by atoms with Crippen molar-refractivity contribution in [2.45, 2.75) is 12.5 Å². The number of aliphatic hydroxyl groups excluding tert-OH is 1. The highest BCUT2D eigenvalue weighted by molar-refractivity contribution is 5.95. The summed E-state index contributed by atoms with van der Waals surface area (Å²) < 4.78 is 0. The first-order valence-corrected chi connectivity index (χ1v) is 7.03. The maximum atomic E-state index is 12.3. The minimum Gasteiger partial charge on any atom is -0.396 e. The molecule has 0 aliphatic carbocycles. The third-order valence-corrected chi connectivity index (χ3v) is 3.41. The lowest BCUT2D eigenvalue weighted by Gasteiger charge is -2.18. The molecule has 0 heterocycles. The van der Waals surface area contributed by atoms with E-state index in [1.165, 1.54) is 12.1 Å². The van der Waals surface area contributed by atoms with Crippen LogP contribution in [0.25, 0.3) is 0 Å². The maximum Gasteiger partial charge on any atom is 0.292 e. The molecule has 2 aromatic carbocycles. The molecule has 23 heavy (non-hydrogen) atoms. The molecular weight excluding hydrogens is 298 g/mol. The molecule has 0 saturated heterocycles. The number of hydrogen-bond donors (Lipinski definition) is 3. The molecule has 0 spiro atoms. The van der Waals surface area contributed by atoms with Crippen molar-refractivity contribution in [2.75, 3.05) is 12.3 Å². The van der Waals surface area contributed by atoms with Gasteiger partial charge < -0.3 is 16.2 Å². The lowest BCUT2D eigenvalue weighted by Crippen LogP contribution is -2.29. The van der Waals surface area contributed by atoms with Crippen LogP contribution in [0.2, 0.25) is 0 Å². The van der Waals surface area contributed by atoms with Gasteiger partial charge in [-0.15, -0.1) is 0 Å². The minimum absolute atomic E-state index is 0.00141. The average Bonchev–Trinajstić information content (AvgIpc) is 2.55. The SMILES string of the molecule is Nc1ccc(C(=O)NC(CCO)c2ccccc2)cc1[N+](=O)[O-]. The monoisotopic (exact) mass is 315 g/mol.